The lowest BCUT2D eigenvalue weighted by Gasteiger charge is -1.98. The van der Waals surface area contributed by atoms with Crippen LogP contribution in [0.25, 0.3) is 17.1 Å². The number of nitro groups is 1. The summed E-state index contributed by atoms with van der Waals surface area (Å²) in [6.45, 7) is 1.71. The summed E-state index contributed by atoms with van der Waals surface area (Å²) in [5.74, 6) is -0.377. The molecular formula is C17H15N5O4. The molecule has 0 fully saturated rings. The first kappa shape index (κ1) is 17.1. The van der Waals surface area contributed by atoms with Crippen LogP contribution in [0.2, 0.25) is 0 Å². The van der Waals surface area contributed by atoms with Crippen molar-refractivity contribution in [3.05, 3.63) is 64.3 Å². The van der Waals surface area contributed by atoms with Crippen LogP contribution in [0.15, 0.2) is 58.2 Å². The maximum absolute atomic E-state index is 11.3. The molecule has 0 radical (unpaired) electrons. The van der Waals surface area contributed by atoms with Crippen molar-refractivity contribution in [2.24, 2.45) is 5.10 Å². The normalized spacial score (nSPS) is 11.0. The Bertz CT molecular complexity index is 959. The number of hydrogen-bond acceptors (Lipinski definition) is 6. The van der Waals surface area contributed by atoms with E-state index in [0.717, 1.165) is 5.69 Å². The fourth-order valence-corrected chi connectivity index (χ4v) is 2.19. The molecule has 0 spiro atoms. The minimum absolute atomic E-state index is 0.230. The highest BCUT2D eigenvalue weighted by Gasteiger charge is 2.18. The van der Waals surface area contributed by atoms with Gasteiger partial charge in [0.15, 0.2) is 5.76 Å². The van der Waals surface area contributed by atoms with Gasteiger partial charge in [0, 0.05) is 18.2 Å². The lowest BCUT2D eigenvalue weighted by atomic mass is 10.2. The van der Waals surface area contributed by atoms with Crippen LogP contribution >= 0.6 is 0 Å². The number of nitrogens with one attached hydrogen (secondary N) is 1. The molecule has 0 bridgehead atoms. The van der Waals surface area contributed by atoms with Crippen LogP contribution in [0.1, 0.15) is 18.9 Å². The molecule has 0 saturated heterocycles. The number of para-hydroxylation sites is 1. The first-order valence-electron chi connectivity index (χ1n) is 7.80. The number of amides is 1. The first-order valence-corrected chi connectivity index (χ1v) is 7.80. The quantitative estimate of drug-likeness (QED) is 0.415. The number of hydrogen-bond donors (Lipinski definition) is 1. The van der Waals surface area contributed by atoms with Crippen LogP contribution in [-0.2, 0) is 4.79 Å². The molecule has 3 aromatic rings. The van der Waals surface area contributed by atoms with Crippen molar-refractivity contribution in [1.29, 1.82) is 0 Å². The Morgan fingerprint density at radius 2 is 2.12 bits per heavy atom. The van der Waals surface area contributed by atoms with E-state index in [4.69, 9.17) is 4.42 Å². The van der Waals surface area contributed by atoms with Gasteiger partial charge in [-0.3, -0.25) is 14.9 Å². The zero-order valence-electron chi connectivity index (χ0n) is 13.8. The molecule has 26 heavy (non-hydrogen) atoms. The van der Waals surface area contributed by atoms with Gasteiger partial charge in [-0.25, -0.2) is 10.1 Å². The van der Waals surface area contributed by atoms with Crippen molar-refractivity contribution < 1.29 is 14.1 Å². The standard InChI is InChI=1S/C17H15N5O4/c1-2-15(23)19-18-10-12-11-21(13-6-4-3-5-7-13)20-17(12)14-8-9-16(26-14)22(24)25/h3-11H,2H2,1H3,(H,19,23)/b18-10+. The molecule has 0 saturated carbocycles. The molecule has 0 aliphatic rings. The van der Waals surface area contributed by atoms with E-state index < -0.39 is 4.92 Å². The predicted molar refractivity (Wildman–Crippen MR) is 93.9 cm³/mol. The Balaban J connectivity index is 2.00. The molecule has 0 atom stereocenters. The maximum Gasteiger partial charge on any atom is 0.433 e. The average Bonchev–Trinajstić information content (AvgIpc) is 3.29. The lowest BCUT2D eigenvalue weighted by Crippen LogP contribution is -2.15. The molecule has 0 aliphatic carbocycles. The summed E-state index contributed by atoms with van der Waals surface area (Å²) in [4.78, 5) is 21.6. The van der Waals surface area contributed by atoms with Gasteiger partial charge in [-0.2, -0.15) is 10.2 Å². The smallest absolute Gasteiger partial charge is 0.399 e. The van der Waals surface area contributed by atoms with Crippen LogP contribution in [0.5, 0.6) is 0 Å². The van der Waals surface area contributed by atoms with Gasteiger partial charge >= 0.3 is 5.88 Å². The minimum atomic E-state index is -0.618. The van der Waals surface area contributed by atoms with Crippen LogP contribution < -0.4 is 5.43 Å². The van der Waals surface area contributed by atoms with Gasteiger partial charge in [0.05, 0.1) is 18.0 Å². The molecule has 1 N–H and O–H groups in total. The zero-order chi connectivity index (χ0) is 18.5. The van der Waals surface area contributed by atoms with Crippen molar-refractivity contribution >= 4 is 18.0 Å². The lowest BCUT2D eigenvalue weighted by molar-refractivity contribution is -0.401. The molecule has 0 unspecified atom stereocenters. The van der Waals surface area contributed by atoms with E-state index in [1.54, 1.807) is 17.8 Å². The van der Waals surface area contributed by atoms with Gasteiger partial charge in [-0.1, -0.05) is 25.1 Å². The predicted octanol–water partition coefficient (Wildman–Crippen LogP) is 2.90. The van der Waals surface area contributed by atoms with Crippen LogP contribution in [0.4, 0.5) is 5.88 Å². The maximum atomic E-state index is 11.3. The number of carbonyl (C=O) groups excluding carboxylic acids is 1. The van der Waals surface area contributed by atoms with E-state index >= 15 is 0 Å². The Kier molecular flexibility index (Phi) is 4.88. The number of furan rings is 1. The molecular weight excluding hydrogens is 338 g/mol. The third-order valence-electron chi connectivity index (χ3n) is 3.48. The number of benzene rings is 1. The minimum Gasteiger partial charge on any atom is -0.399 e. The van der Waals surface area contributed by atoms with Crippen molar-refractivity contribution in [2.45, 2.75) is 13.3 Å². The molecule has 2 aromatic heterocycles. The number of rotatable bonds is 6. The summed E-state index contributed by atoms with van der Waals surface area (Å²) in [7, 11) is 0. The van der Waals surface area contributed by atoms with E-state index in [9.17, 15) is 14.9 Å². The van der Waals surface area contributed by atoms with Gasteiger partial charge in [0.25, 0.3) is 0 Å². The Morgan fingerprint density at radius 3 is 2.77 bits per heavy atom. The largest absolute Gasteiger partial charge is 0.433 e. The topological polar surface area (TPSA) is 116 Å². The SMILES string of the molecule is CCC(=O)N/N=C/c1cn(-c2ccccc2)nc1-c1ccc([N+](=O)[O-])o1. The van der Waals surface area contributed by atoms with Gasteiger partial charge < -0.3 is 4.42 Å². The Labute approximate surface area is 148 Å². The highest BCUT2D eigenvalue weighted by molar-refractivity contribution is 5.88. The number of aromatic nitrogens is 2. The van der Waals surface area contributed by atoms with Crippen molar-refractivity contribution in [2.75, 3.05) is 0 Å². The van der Waals surface area contributed by atoms with Gasteiger partial charge in [0.1, 0.15) is 10.6 Å². The van der Waals surface area contributed by atoms with Crippen LogP contribution in [-0.4, -0.2) is 26.8 Å². The summed E-state index contributed by atoms with van der Waals surface area (Å²) in [6, 6.07) is 12.1. The van der Waals surface area contributed by atoms with Gasteiger partial charge in [-0.15, -0.1) is 0 Å². The monoisotopic (exact) mass is 353 g/mol. The summed E-state index contributed by atoms with van der Waals surface area (Å²) in [5.41, 5.74) is 4.09. The second-order valence-corrected chi connectivity index (χ2v) is 5.25. The summed E-state index contributed by atoms with van der Waals surface area (Å²) in [5, 5.41) is 19.2. The van der Waals surface area contributed by atoms with Crippen LogP contribution in [0.3, 0.4) is 0 Å². The van der Waals surface area contributed by atoms with Crippen molar-refractivity contribution in [3.63, 3.8) is 0 Å². The first-order chi connectivity index (χ1) is 12.6. The Morgan fingerprint density at radius 1 is 1.35 bits per heavy atom. The Hall–Kier alpha value is -3.75. The molecule has 1 amide bonds. The molecule has 9 nitrogen and oxygen atoms in total. The highest BCUT2D eigenvalue weighted by Crippen LogP contribution is 2.27. The zero-order valence-corrected chi connectivity index (χ0v) is 13.8. The fourth-order valence-electron chi connectivity index (χ4n) is 2.19. The van der Waals surface area contributed by atoms with E-state index in [-0.39, 0.29) is 17.6 Å². The van der Waals surface area contributed by atoms with Crippen LogP contribution in [0, 0.1) is 10.1 Å². The van der Waals surface area contributed by atoms with E-state index in [2.05, 4.69) is 15.6 Å². The third-order valence-corrected chi connectivity index (χ3v) is 3.48. The van der Waals surface area contributed by atoms with Crippen molar-refractivity contribution in [3.8, 4) is 17.1 Å². The summed E-state index contributed by atoms with van der Waals surface area (Å²) in [6.07, 6.45) is 3.42. The molecule has 132 valence electrons. The molecule has 9 heteroatoms. The number of carbonyl (C=O) groups is 1. The fraction of sp³-hybridized carbons (Fsp3) is 0.118. The van der Waals surface area contributed by atoms with E-state index in [1.165, 1.54) is 18.3 Å². The molecule has 1 aromatic carbocycles. The van der Waals surface area contributed by atoms with E-state index in [1.807, 2.05) is 30.3 Å². The number of nitrogens with zero attached hydrogens (tertiary/aromatic N) is 4. The molecule has 0 aliphatic heterocycles. The average molecular weight is 353 g/mol. The third kappa shape index (κ3) is 3.66. The van der Waals surface area contributed by atoms with Gasteiger partial charge in [0.2, 0.25) is 5.91 Å². The summed E-state index contributed by atoms with van der Waals surface area (Å²) < 4.78 is 6.85. The highest BCUT2D eigenvalue weighted by atomic mass is 16.6. The second kappa shape index (κ2) is 7.43. The molecule has 2 heterocycles. The number of hydrazone groups is 1. The van der Waals surface area contributed by atoms with Crippen molar-refractivity contribution in [1.82, 2.24) is 15.2 Å². The second-order valence-electron chi connectivity index (χ2n) is 5.25. The summed E-state index contributed by atoms with van der Waals surface area (Å²) >= 11 is 0. The van der Waals surface area contributed by atoms with Gasteiger partial charge in [-0.05, 0) is 18.2 Å². The van der Waals surface area contributed by atoms with E-state index in [0.29, 0.717) is 17.7 Å². The molecule has 3 rings (SSSR count).